The van der Waals surface area contributed by atoms with E-state index in [1.165, 1.54) is 0 Å². The zero-order chi connectivity index (χ0) is 10.8. The van der Waals surface area contributed by atoms with Gasteiger partial charge in [-0.25, -0.2) is 0 Å². The molecule has 1 aromatic rings. The minimum Gasteiger partial charge on any atom is -0.399 e. The zero-order valence-electron chi connectivity index (χ0n) is 7.77. The molecule has 0 spiro atoms. The lowest BCUT2D eigenvalue weighted by atomic mass is 10.2. The van der Waals surface area contributed by atoms with Crippen molar-refractivity contribution < 1.29 is 0 Å². The fraction of sp³-hybridized carbons (Fsp3) is 0.200. The van der Waals surface area contributed by atoms with Gasteiger partial charge in [0.05, 0.1) is 17.7 Å². The van der Waals surface area contributed by atoms with Crippen molar-refractivity contribution in [3.05, 3.63) is 29.8 Å². The monoisotopic (exact) mass is 188 g/mol. The Morgan fingerprint density at radius 3 is 2.00 bits per heavy atom. The number of nitrogens with zero attached hydrogens (tertiary/aromatic N) is 2. The van der Waals surface area contributed by atoms with Gasteiger partial charge in [-0.3, -0.25) is 0 Å². The molecule has 0 bridgehead atoms. The fourth-order valence-electron chi connectivity index (χ4n) is 0.622. The van der Waals surface area contributed by atoms with Gasteiger partial charge in [0.2, 0.25) is 0 Å². The third-order valence-corrected chi connectivity index (χ3v) is 1.30. The van der Waals surface area contributed by atoms with Crippen LogP contribution in [0.15, 0.2) is 24.3 Å². The highest BCUT2D eigenvalue weighted by Gasteiger charge is 1.85. The Kier molecular flexibility index (Phi) is 6.49. The summed E-state index contributed by atoms with van der Waals surface area (Å²) in [5.41, 5.74) is 11.6. The first-order chi connectivity index (χ1) is 6.74. The first kappa shape index (κ1) is 12.0. The van der Waals surface area contributed by atoms with Crippen LogP contribution in [0, 0.1) is 22.7 Å². The number of nitrogen functional groups attached to an aromatic ring is 1. The summed E-state index contributed by atoms with van der Waals surface area (Å²) < 4.78 is 0. The van der Waals surface area contributed by atoms with Crippen LogP contribution < -0.4 is 11.5 Å². The number of nitriles is 2. The molecule has 4 heteroatoms. The Morgan fingerprint density at radius 2 is 1.71 bits per heavy atom. The predicted molar refractivity (Wildman–Crippen MR) is 54.9 cm³/mol. The summed E-state index contributed by atoms with van der Waals surface area (Å²) in [5.74, 6) is 0. The average molecular weight is 188 g/mol. The van der Waals surface area contributed by atoms with E-state index in [-0.39, 0.29) is 0 Å². The zero-order valence-corrected chi connectivity index (χ0v) is 7.77. The molecule has 72 valence electrons. The van der Waals surface area contributed by atoms with E-state index in [0.717, 1.165) is 0 Å². The summed E-state index contributed by atoms with van der Waals surface area (Å²) in [5, 5.41) is 16.1. The summed E-state index contributed by atoms with van der Waals surface area (Å²) in [7, 11) is 0. The average Bonchev–Trinajstić information content (AvgIpc) is 2.21. The van der Waals surface area contributed by atoms with Crippen LogP contribution in [0.3, 0.4) is 0 Å². The molecule has 0 heterocycles. The molecule has 0 saturated heterocycles. The van der Waals surface area contributed by atoms with E-state index in [1.807, 2.05) is 12.1 Å². The molecule has 4 nitrogen and oxygen atoms in total. The van der Waals surface area contributed by atoms with Crippen molar-refractivity contribution in [2.75, 3.05) is 12.3 Å². The molecular weight excluding hydrogens is 176 g/mol. The molecule has 0 aliphatic heterocycles. The third kappa shape index (κ3) is 5.59. The number of benzene rings is 1. The van der Waals surface area contributed by atoms with Gasteiger partial charge in [-0.15, -0.1) is 0 Å². The van der Waals surface area contributed by atoms with Crippen molar-refractivity contribution in [3.63, 3.8) is 0 Å². The predicted octanol–water partition coefficient (Wildman–Crippen LogP) is 0.999. The Labute approximate surface area is 83.4 Å². The quantitative estimate of drug-likeness (QED) is 0.642. The number of nitrogens with two attached hydrogens (primary N) is 2. The summed E-state index contributed by atoms with van der Waals surface area (Å²) in [4.78, 5) is 0. The van der Waals surface area contributed by atoms with E-state index in [0.29, 0.717) is 24.2 Å². The molecular formula is C10H12N4. The summed E-state index contributed by atoms with van der Waals surface area (Å²) in [6, 6.07) is 10.7. The second kappa shape index (κ2) is 7.60. The Bertz CT molecular complexity index is 329. The van der Waals surface area contributed by atoms with Gasteiger partial charge in [0.1, 0.15) is 0 Å². The van der Waals surface area contributed by atoms with Crippen LogP contribution >= 0.6 is 0 Å². The van der Waals surface area contributed by atoms with Crippen molar-refractivity contribution in [1.29, 1.82) is 10.5 Å². The van der Waals surface area contributed by atoms with E-state index in [1.54, 1.807) is 24.3 Å². The van der Waals surface area contributed by atoms with Gasteiger partial charge in [-0.05, 0) is 24.3 Å². The van der Waals surface area contributed by atoms with Gasteiger partial charge >= 0.3 is 0 Å². The van der Waals surface area contributed by atoms with Gasteiger partial charge < -0.3 is 11.5 Å². The molecule has 0 fully saturated rings. The molecule has 0 aliphatic carbocycles. The van der Waals surface area contributed by atoms with Crippen LogP contribution in [0.4, 0.5) is 5.69 Å². The fourth-order valence-corrected chi connectivity index (χ4v) is 0.622. The highest BCUT2D eigenvalue weighted by atomic mass is 14.5. The smallest absolute Gasteiger partial charge is 0.0991 e. The van der Waals surface area contributed by atoms with Crippen LogP contribution in [0.5, 0.6) is 0 Å². The number of rotatable bonds is 1. The van der Waals surface area contributed by atoms with Gasteiger partial charge in [-0.1, -0.05) is 0 Å². The van der Waals surface area contributed by atoms with Gasteiger partial charge in [0.15, 0.2) is 0 Å². The van der Waals surface area contributed by atoms with E-state index in [2.05, 4.69) is 0 Å². The minimum absolute atomic E-state index is 0.472. The van der Waals surface area contributed by atoms with E-state index >= 15 is 0 Å². The SMILES string of the molecule is N#CCCN.N#Cc1ccc(N)cc1. The lowest BCUT2D eigenvalue weighted by molar-refractivity contribution is 1.02. The number of anilines is 1. The molecule has 0 atom stereocenters. The Morgan fingerprint density at radius 1 is 1.14 bits per heavy atom. The van der Waals surface area contributed by atoms with Gasteiger partial charge in [0.25, 0.3) is 0 Å². The number of hydrogen-bond acceptors (Lipinski definition) is 4. The Balaban J connectivity index is 0.000000292. The lowest BCUT2D eigenvalue weighted by Crippen LogP contribution is -1.94. The molecule has 0 unspecified atom stereocenters. The topological polar surface area (TPSA) is 99.6 Å². The van der Waals surface area contributed by atoms with Crippen LogP contribution in [0.1, 0.15) is 12.0 Å². The summed E-state index contributed by atoms with van der Waals surface area (Å²) >= 11 is 0. The van der Waals surface area contributed by atoms with Gasteiger partial charge in [-0.2, -0.15) is 10.5 Å². The summed E-state index contributed by atoms with van der Waals surface area (Å²) in [6.45, 7) is 0.483. The second-order valence-electron chi connectivity index (χ2n) is 2.43. The molecule has 0 radical (unpaired) electrons. The van der Waals surface area contributed by atoms with Crippen molar-refractivity contribution in [3.8, 4) is 12.1 Å². The lowest BCUT2D eigenvalue weighted by Gasteiger charge is -1.88. The van der Waals surface area contributed by atoms with Crippen LogP contribution in [-0.4, -0.2) is 6.54 Å². The molecule has 1 rings (SSSR count). The second-order valence-corrected chi connectivity index (χ2v) is 2.43. The Hall–Kier alpha value is -2.04. The van der Waals surface area contributed by atoms with Crippen molar-refractivity contribution in [2.24, 2.45) is 5.73 Å². The highest BCUT2D eigenvalue weighted by molar-refractivity contribution is 5.42. The van der Waals surface area contributed by atoms with E-state index < -0.39 is 0 Å². The standard InChI is InChI=1S/C7H6N2.C3H6N2/c8-5-6-1-3-7(9)4-2-6;4-2-1-3-5/h1-4H,9H2;1-2,4H2. The first-order valence-corrected chi connectivity index (χ1v) is 4.07. The normalized spacial score (nSPS) is 7.64. The molecule has 0 saturated carbocycles. The van der Waals surface area contributed by atoms with E-state index in [9.17, 15) is 0 Å². The highest BCUT2D eigenvalue weighted by Crippen LogP contribution is 2.02. The van der Waals surface area contributed by atoms with Crippen molar-refractivity contribution in [2.45, 2.75) is 6.42 Å². The minimum atomic E-state index is 0.472. The third-order valence-electron chi connectivity index (χ3n) is 1.30. The van der Waals surface area contributed by atoms with Crippen molar-refractivity contribution in [1.82, 2.24) is 0 Å². The molecule has 0 aromatic heterocycles. The van der Waals surface area contributed by atoms with Crippen LogP contribution in [0.2, 0.25) is 0 Å². The molecule has 1 aromatic carbocycles. The molecule has 0 amide bonds. The van der Waals surface area contributed by atoms with Crippen molar-refractivity contribution >= 4 is 5.69 Å². The molecule has 14 heavy (non-hydrogen) atoms. The molecule has 0 aliphatic rings. The van der Waals surface area contributed by atoms with E-state index in [4.69, 9.17) is 22.0 Å². The largest absolute Gasteiger partial charge is 0.399 e. The van der Waals surface area contributed by atoms with Crippen LogP contribution in [-0.2, 0) is 0 Å². The molecule has 4 N–H and O–H groups in total. The maximum absolute atomic E-state index is 8.34. The van der Waals surface area contributed by atoms with Gasteiger partial charge in [0, 0.05) is 18.7 Å². The summed E-state index contributed by atoms with van der Waals surface area (Å²) in [6.07, 6.45) is 0.472. The number of hydrogen-bond donors (Lipinski definition) is 2. The first-order valence-electron chi connectivity index (χ1n) is 4.07. The van der Waals surface area contributed by atoms with Crippen LogP contribution in [0.25, 0.3) is 0 Å². The maximum atomic E-state index is 8.34. The maximum Gasteiger partial charge on any atom is 0.0991 e.